The molecule has 1 saturated heterocycles. The molecule has 2 aromatic heterocycles. The van der Waals surface area contributed by atoms with Gasteiger partial charge < -0.3 is 10.1 Å². The minimum Gasteiger partial charge on any atom is -0.379 e. The number of pyridine rings is 1. The minimum atomic E-state index is -4.44. The van der Waals surface area contributed by atoms with Gasteiger partial charge in [-0.15, -0.1) is 11.3 Å². The number of morpholine rings is 1. The smallest absolute Gasteiger partial charge is 0.379 e. The first-order valence-corrected chi connectivity index (χ1v) is 12.3. The van der Waals surface area contributed by atoms with Crippen LogP contribution < -0.4 is 5.32 Å². The number of carbonyl (C=O) groups excluding carboxylic acids is 1. The van der Waals surface area contributed by atoms with Crippen LogP contribution in [-0.4, -0.2) is 47.1 Å². The molecule has 1 fully saturated rings. The van der Waals surface area contributed by atoms with E-state index >= 15 is 0 Å². The second-order valence-corrected chi connectivity index (χ2v) is 9.38. The highest BCUT2D eigenvalue weighted by Crippen LogP contribution is 2.32. The SMILES string of the molecule is O=C(Cc1cccc2ccc(-c3cccc(C(F)(F)F)c3)nc12)Nc1nc(CN2CCOCC2)cs1. The highest BCUT2D eigenvalue weighted by atomic mass is 32.1. The molecule has 36 heavy (non-hydrogen) atoms. The van der Waals surface area contributed by atoms with Crippen molar-refractivity contribution in [3.8, 4) is 11.3 Å². The van der Waals surface area contributed by atoms with Gasteiger partial charge in [0, 0.05) is 36.0 Å². The first-order chi connectivity index (χ1) is 17.3. The second kappa shape index (κ2) is 10.3. The lowest BCUT2D eigenvalue weighted by Crippen LogP contribution is -2.35. The molecule has 10 heteroatoms. The lowest BCUT2D eigenvalue weighted by molar-refractivity contribution is -0.137. The number of hydrogen-bond acceptors (Lipinski definition) is 6. The molecule has 1 aliphatic rings. The molecule has 5 rings (SSSR count). The van der Waals surface area contributed by atoms with E-state index in [0.717, 1.165) is 36.3 Å². The Morgan fingerprint density at radius 2 is 1.86 bits per heavy atom. The second-order valence-electron chi connectivity index (χ2n) is 8.52. The standard InChI is InChI=1S/C26H23F3N4O2S/c27-26(28,29)20-6-2-4-18(13-20)22-8-7-17-3-1-5-19(24(17)31-22)14-23(34)32-25-30-21(16-36-25)15-33-9-11-35-12-10-33/h1-8,13,16H,9-12,14-15H2,(H,30,32,34). The molecule has 0 atom stereocenters. The van der Waals surface area contributed by atoms with E-state index < -0.39 is 11.7 Å². The molecule has 186 valence electrons. The van der Waals surface area contributed by atoms with Crippen LogP contribution >= 0.6 is 11.3 Å². The van der Waals surface area contributed by atoms with E-state index in [1.165, 1.54) is 17.4 Å². The maximum absolute atomic E-state index is 13.2. The summed E-state index contributed by atoms with van der Waals surface area (Å²) in [4.78, 5) is 24.2. The highest BCUT2D eigenvalue weighted by Gasteiger charge is 2.30. The molecule has 1 N–H and O–H groups in total. The number of carbonyl (C=O) groups is 1. The molecule has 0 spiro atoms. The fraction of sp³-hybridized carbons (Fsp3) is 0.269. The number of para-hydroxylation sites is 1. The number of fused-ring (bicyclic) bond motifs is 1. The summed E-state index contributed by atoms with van der Waals surface area (Å²) in [7, 11) is 0. The van der Waals surface area contributed by atoms with Gasteiger partial charge >= 0.3 is 6.18 Å². The van der Waals surface area contributed by atoms with Crippen molar-refractivity contribution in [1.82, 2.24) is 14.9 Å². The number of ether oxygens (including phenoxy) is 1. The number of anilines is 1. The summed E-state index contributed by atoms with van der Waals surface area (Å²) in [6, 6.07) is 14.1. The summed E-state index contributed by atoms with van der Waals surface area (Å²) in [5.41, 5.74) is 2.20. The highest BCUT2D eigenvalue weighted by molar-refractivity contribution is 7.13. The number of rotatable bonds is 6. The first-order valence-electron chi connectivity index (χ1n) is 11.5. The van der Waals surface area contributed by atoms with Gasteiger partial charge in [0.05, 0.1) is 42.1 Å². The van der Waals surface area contributed by atoms with Gasteiger partial charge in [-0.2, -0.15) is 13.2 Å². The number of amides is 1. The van der Waals surface area contributed by atoms with Crippen molar-refractivity contribution in [2.45, 2.75) is 19.1 Å². The van der Waals surface area contributed by atoms with Crippen LogP contribution in [0.25, 0.3) is 22.2 Å². The average molecular weight is 513 g/mol. The van der Waals surface area contributed by atoms with Crippen molar-refractivity contribution in [3.05, 3.63) is 76.8 Å². The molecule has 1 aliphatic heterocycles. The molecule has 1 amide bonds. The number of hydrogen-bond donors (Lipinski definition) is 1. The largest absolute Gasteiger partial charge is 0.416 e. The summed E-state index contributed by atoms with van der Waals surface area (Å²) >= 11 is 1.38. The zero-order valence-electron chi connectivity index (χ0n) is 19.2. The van der Waals surface area contributed by atoms with Gasteiger partial charge in [-0.05, 0) is 23.8 Å². The van der Waals surface area contributed by atoms with E-state index in [9.17, 15) is 18.0 Å². The van der Waals surface area contributed by atoms with Crippen molar-refractivity contribution in [2.75, 3.05) is 31.6 Å². The monoisotopic (exact) mass is 512 g/mol. The third kappa shape index (κ3) is 5.72. The number of nitrogens with zero attached hydrogens (tertiary/aromatic N) is 3. The predicted octanol–water partition coefficient (Wildman–Crippen LogP) is 5.39. The van der Waals surface area contributed by atoms with Crippen molar-refractivity contribution >= 4 is 33.3 Å². The van der Waals surface area contributed by atoms with Crippen molar-refractivity contribution in [2.24, 2.45) is 0 Å². The summed E-state index contributed by atoms with van der Waals surface area (Å²) in [6.07, 6.45) is -4.37. The van der Waals surface area contributed by atoms with Crippen LogP contribution in [0, 0.1) is 0 Å². The zero-order valence-corrected chi connectivity index (χ0v) is 20.0. The third-order valence-corrected chi connectivity index (χ3v) is 6.73. The van der Waals surface area contributed by atoms with E-state index in [4.69, 9.17) is 4.74 Å². The molecule has 2 aromatic carbocycles. The van der Waals surface area contributed by atoms with Gasteiger partial charge in [0.2, 0.25) is 5.91 Å². The molecule has 0 bridgehead atoms. The van der Waals surface area contributed by atoms with Crippen LogP contribution in [0.4, 0.5) is 18.3 Å². The number of nitrogens with one attached hydrogen (secondary N) is 1. The van der Waals surface area contributed by atoms with Crippen LogP contribution in [0.1, 0.15) is 16.8 Å². The zero-order chi connectivity index (χ0) is 25.1. The summed E-state index contributed by atoms with van der Waals surface area (Å²) < 4.78 is 44.9. The van der Waals surface area contributed by atoms with Gasteiger partial charge in [-0.25, -0.2) is 9.97 Å². The molecule has 6 nitrogen and oxygen atoms in total. The Morgan fingerprint density at radius 3 is 2.67 bits per heavy atom. The topological polar surface area (TPSA) is 67.4 Å². The number of thiazole rings is 1. The summed E-state index contributed by atoms with van der Waals surface area (Å²) in [5.74, 6) is -0.235. The van der Waals surface area contributed by atoms with Crippen LogP contribution in [-0.2, 0) is 28.7 Å². The Balaban J connectivity index is 1.32. The van der Waals surface area contributed by atoms with Crippen molar-refractivity contribution < 1.29 is 22.7 Å². The van der Waals surface area contributed by atoms with E-state index in [1.54, 1.807) is 24.3 Å². The summed E-state index contributed by atoms with van der Waals surface area (Å²) in [5, 5.41) is 6.12. The minimum absolute atomic E-state index is 0.0642. The molecule has 0 unspecified atom stereocenters. The Hall–Kier alpha value is -3.34. The Bertz CT molecular complexity index is 1380. The fourth-order valence-corrected chi connectivity index (χ4v) is 4.85. The van der Waals surface area contributed by atoms with Crippen LogP contribution in [0.3, 0.4) is 0 Å². The number of benzene rings is 2. The van der Waals surface area contributed by atoms with Gasteiger partial charge in [-0.3, -0.25) is 9.69 Å². The maximum atomic E-state index is 13.2. The molecule has 0 aliphatic carbocycles. The quantitative estimate of drug-likeness (QED) is 0.375. The van der Waals surface area contributed by atoms with E-state index in [1.807, 2.05) is 17.5 Å². The van der Waals surface area contributed by atoms with Gasteiger partial charge in [-0.1, -0.05) is 36.4 Å². The number of halogens is 3. The Labute approximate surface area is 209 Å². The van der Waals surface area contributed by atoms with E-state index in [2.05, 4.69) is 20.2 Å². The molecule has 0 saturated carbocycles. The lowest BCUT2D eigenvalue weighted by atomic mass is 10.0. The van der Waals surface area contributed by atoms with Gasteiger partial charge in [0.15, 0.2) is 5.13 Å². The van der Waals surface area contributed by atoms with Gasteiger partial charge in [0.1, 0.15) is 0 Å². The normalized spacial score (nSPS) is 14.8. The Morgan fingerprint density at radius 1 is 1.06 bits per heavy atom. The van der Waals surface area contributed by atoms with E-state index in [0.29, 0.717) is 47.2 Å². The van der Waals surface area contributed by atoms with Crippen LogP contribution in [0.2, 0.25) is 0 Å². The van der Waals surface area contributed by atoms with Crippen LogP contribution in [0.5, 0.6) is 0 Å². The van der Waals surface area contributed by atoms with Gasteiger partial charge in [0.25, 0.3) is 0 Å². The molecule has 4 aromatic rings. The number of aromatic nitrogens is 2. The average Bonchev–Trinajstić information content (AvgIpc) is 3.30. The predicted molar refractivity (Wildman–Crippen MR) is 133 cm³/mol. The van der Waals surface area contributed by atoms with E-state index in [-0.39, 0.29) is 12.3 Å². The Kier molecular flexibility index (Phi) is 6.99. The first kappa shape index (κ1) is 24.4. The maximum Gasteiger partial charge on any atom is 0.416 e. The molecular weight excluding hydrogens is 489 g/mol. The molecule has 3 heterocycles. The van der Waals surface area contributed by atoms with Crippen LogP contribution in [0.15, 0.2) is 60.0 Å². The molecule has 0 radical (unpaired) electrons. The lowest BCUT2D eigenvalue weighted by Gasteiger charge is -2.25. The molecular formula is C26H23F3N4O2S. The third-order valence-electron chi connectivity index (χ3n) is 5.93. The summed E-state index contributed by atoms with van der Waals surface area (Å²) in [6.45, 7) is 3.84. The van der Waals surface area contributed by atoms with Crippen molar-refractivity contribution in [1.29, 1.82) is 0 Å². The fourth-order valence-electron chi connectivity index (χ4n) is 4.13. The number of alkyl halides is 3. The van der Waals surface area contributed by atoms with Crippen molar-refractivity contribution in [3.63, 3.8) is 0 Å².